The van der Waals surface area contributed by atoms with Gasteiger partial charge in [0.15, 0.2) is 0 Å². The van der Waals surface area contributed by atoms with E-state index in [0.717, 1.165) is 5.75 Å². The SMILES string of the molecule is COc1ccc(N(C)C(C)C2C=CC=C2)cc1. The lowest BCUT2D eigenvalue weighted by Gasteiger charge is -2.30. The maximum absolute atomic E-state index is 5.17. The van der Waals surface area contributed by atoms with Crippen molar-refractivity contribution in [1.29, 1.82) is 0 Å². The van der Waals surface area contributed by atoms with Gasteiger partial charge < -0.3 is 9.64 Å². The summed E-state index contributed by atoms with van der Waals surface area (Å²) in [5.74, 6) is 1.40. The first-order valence-corrected chi connectivity index (χ1v) is 5.94. The van der Waals surface area contributed by atoms with Gasteiger partial charge in [-0.05, 0) is 31.2 Å². The second kappa shape index (κ2) is 5.09. The molecule has 0 amide bonds. The van der Waals surface area contributed by atoms with E-state index in [1.165, 1.54) is 5.69 Å². The summed E-state index contributed by atoms with van der Waals surface area (Å²) in [5.41, 5.74) is 1.21. The Hall–Kier alpha value is -1.70. The standard InChI is InChI=1S/C15H19NO/c1-12(13-6-4-5-7-13)16(2)14-8-10-15(17-3)11-9-14/h4-13H,1-3H3. The number of rotatable bonds is 4. The Bertz CT molecular complexity index is 407. The number of nitrogens with zero attached hydrogens (tertiary/aromatic N) is 1. The van der Waals surface area contributed by atoms with Gasteiger partial charge >= 0.3 is 0 Å². The van der Waals surface area contributed by atoms with Crippen molar-refractivity contribution >= 4 is 5.69 Å². The van der Waals surface area contributed by atoms with Gasteiger partial charge in [-0.3, -0.25) is 0 Å². The Balaban J connectivity index is 2.09. The molecule has 17 heavy (non-hydrogen) atoms. The summed E-state index contributed by atoms with van der Waals surface area (Å²) in [6.07, 6.45) is 8.71. The van der Waals surface area contributed by atoms with Crippen LogP contribution in [0, 0.1) is 5.92 Å². The maximum Gasteiger partial charge on any atom is 0.119 e. The molecule has 1 aliphatic rings. The van der Waals surface area contributed by atoms with E-state index < -0.39 is 0 Å². The Kier molecular flexibility index (Phi) is 3.52. The summed E-state index contributed by atoms with van der Waals surface area (Å²) in [6, 6.07) is 8.64. The number of hydrogen-bond donors (Lipinski definition) is 0. The fourth-order valence-electron chi connectivity index (χ4n) is 2.08. The van der Waals surface area contributed by atoms with Gasteiger partial charge in [-0.1, -0.05) is 24.3 Å². The Labute approximate surface area is 103 Å². The average molecular weight is 229 g/mol. The van der Waals surface area contributed by atoms with Crippen LogP contribution in [0.3, 0.4) is 0 Å². The van der Waals surface area contributed by atoms with E-state index in [9.17, 15) is 0 Å². The predicted molar refractivity (Wildman–Crippen MR) is 72.6 cm³/mol. The maximum atomic E-state index is 5.17. The van der Waals surface area contributed by atoms with Crippen molar-refractivity contribution in [2.75, 3.05) is 19.1 Å². The molecular formula is C15H19NO. The third kappa shape index (κ3) is 2.52. The fraction of sp³-hybridized carbons (Fsp3) is 0.333. The summed E-state index contributed by atoms with van der Waals surface area (Å²) >= 11 is 0. The van der Waals surface area contributed by atoms with Gasteiger partial charge in [0.25, 0.3) is 0 Å². The minimum absolute atomic E-state index is 0.457. The molecule has 2 heteroatoms. The van der Waals surface area contributed by atoms with Crippen molar-refractivity contribution < 1.29 is 4.74 Å². The number of hydrogen-bond acceptors (Lipinski definition) is 2. The van der Waals surface area contributed by atoms with Crippen molar-refractivity contribution in [2.24, 2.45) is 5.92 Å². The number of methoxy groups -OCH3 is 1. The van der Waals surface area contributed by atoms with Crippen molar-refractivity contribution in [3.63, 3.8) is 0 Å². The highest BCUT2D eigenvalue weighted by molar-refractivity contribution is 5.49. The highest BCUT2D eigenvalue weighted by Gasteiger charge is 2.18. The molecule has 0 heterocycles. The van der Waals surface area contributed by atoms with E-state index in [2.05, 4.69) is 55.3 Å². The van der Waals surface area contributed by atoms with E-state index in [4.69, 9.17) is 4.74 Å². The second-order valence-electron chi connectivity index (χ2n) is 4.40. The molecule has 1 atom stereocenters. The summed E-state index contributed by atoms with van der Waals surface area (Å²) in [5, 5.41) is 0. The minimum Gasteiger partial charge on any atom is -0.497 e. The summed E-state index contributed by atoms with van der Waals surface area (Å²) in [7, 11) is 3.82. The van der Waals surface area contributed by atoms with E-state index in [1.807, 2.05) is 12.1 Å². The molecule has 0 bridgehead atoms. The van der Waals surface area contributed by atoms with Crippen molar-refractivity contribution in [1.82, 2.24) is 0 Å². The van der Waals surface area contributed by atoms with Crippen LogP contribution in [-0.4, -0.2) is 20.2 Å². The molecule has 0 saturated heterocycles. The Morgan fingerprint density at radius 1 is 1.12 bits per heavy atom. The van der Waals surface area contributed by atoms with Crippen molar-refractivity contribution in [3.8, 4) is 5.75 Å². The van der Waals surface area contributed by atoms with Crippen LogP contribution in [0.15, 0.2) is 48.6 Å². The smallest absolute Gasteiger partial charge is 0.119 e. The van der Waals surface area contributed by atoms with Crippen molar-refractivity contribution in [3.05, 3.63) is 48.6 Å². The molecule has 1 aliphatic carbocycles. The molecule has 2 rings (SSSR count). The summed E-state index contributed by atoms with van der Waals surface area (Å²) < 4.78 is 5.17. The Morgan fingerprint density at radius 3 is 2.24 bits per heavy atom. The number of allylic oxidation sites excluding steroid dienone is 2. The second-order valence-corrected chi connectivity index (χ2v) is 4.40. The minimum atomic E-state index is 0.457. The summed E-state index contributed by atoms with van der Waals surface area (Å²) in [4.78, 5) is 2.30. The van der Waals surface area contributed by atoms with Gasteiger partial charge in [0.1, 0.15) is 5.75 Å². The van der Waals surface area contributed by atoms with Crippen LogP contribution in [-0.2, 0) is 0 Å². The average Bonchev–Trinajstić information content (AvgIpc) is 2.91. The lowest BCUT2D eigenvalue weighted by atomic mass is 10.0. The normalized spacial score (nSPS) is 16.2. The molecule has 1 unspecified atom stereocenters. The van der Waals surface area contributed by atoms with Gasteiger partial charge in [0.05, 0.1) is 7.11 Å². The third-order valence-electron chi connectivity index (χ3n) is 3.43. The van der Waals surface area contributed by atoms with E-state index in [-0.39, 0.29) is 0 Å². The van der Waals surface area contributed by atoms with E-state index >= 15 is 0 Å². The number of benzene rings is 1. The molecule has 0 N–H and O–H groups in total. The molecular weight excluding hydrogens is 210 g/mol. The molecule has 0 fully saturated rings. The van der Waals surface area contributed by atoms with Crippen molar-refractivity contribution in [2.45, 2.75) is 13.0 Å². The van der Waals surface area contributed by atoms with Gasteiger partial charge in [0.2, 0.25) is 0 Å². The molecule has 1 aromatic rings. The summed E-state index contributed by atoms with van der Waals surface area (Å²) in [6.45, 7) is 2.24. The Morgan fingerprint density at radius 2 is 1.71 bits per heavy atom. The van der Waals surface area contributed by atoms with Gasteiger partial charge in [-0.25, -0.2) is 0 Å². The fourth-order valence-corrected chi connectivity index (χ4v) is 2.08. The molecule has 1 aromatic carbocycles. The quantitative estimate of drug-likeness (QED) is 0.785. The lowest BCUT2D eigenvalue weighted by molar-refractivity contribution is 0.415. The highest BCUT2D eigenvalue weighted by Crippen LogP contribution is 2.24. The largest absolute Gasteiger partial charge is 0.497 e. The van der Waals surface area contributed by atoms with E-state index in [0.29, 0.717) is 12.0 Å². The zero-order chi connectivity index (χ0) is 12.3. The van der Waals surface area contributed by atoms with Gasteiger partial charge in [0, 0.05) is 24.7 Å². The zero-order valence-electron chi connectivity index (χ0n) is 10.6. The number of anilines is 1. The monoisotopic (exact) mass is 229 g/mol. The lowest BCUT2D eigenvalue weighted by Crippen LogP contribution is -2.33. The first kappa shape index (κ1) is 11.8. The molecule has 0 aliphatic heterocycles. The first-order chi connectivity index (χ1) is 8.22. The molecule has 90 valence electrons. The molecule has 0 spiro atoms. The van der Waals surface area contributed by atoms with Crippen LogP contribution in [0.2, 0.25) is 0 Å². The molecule has 0 saturated carbocycles. The van der Waals surface area contributed by atoms with Crippen LogP contribution in [0.5, 0.6) is 5.75 Å². The third-order valence-corrected chi connectivity index (χ3v) is 3.43. The molecule has 0 aromatic heterocycles. The van der Waals surface area contributed by atoms with Gasteiger partial charge in [-0.15, -0.1) is 0 Å². The number of ether oxygens (including phenoxy) is 1. The van der Waals surface area contributed by atoms with Crippen LogP contribution in [0.4, 0.5) is 5.69 Å². The van der Waals surface area contributed by atoms with Crippen LogP contribution in [0.25, 0.3) is 0 Å². The van der Waals surface area contributed by atoms with Crippen LogP contribution >= 0.6 is 0 Å². The van der Waals surface area contributed by atoms with E-state index in [1.54, 1.807) is 7.11 Å². The topological polar surface area (TPSA) is 12.5 Å². The van der Waals surface area contributed by atoms with Gasteiger partial charge in [-0.2, -0.15) is 0 Å². The van der Waals surface area contributed by atoms with Crippen LogP contribution < -0.4 is 9.64 Å². The predicted octanol–water partition coefficient (Wildman–Crippen LogP) is 3.26. The van der Waals surface area contributed by atoms with Crippen LogP contribution in [0.1, 0.15) is 6.92 Å². The molecule has 2 nitrogen and oxygen atoms in total. The molecule has 0 radical (unpaired) electrons. The zero-order valence-corrected chi connectivity index (χ0v) is 10.6. The first-order valence-electron chi connectivity index (χ1n) is 5.94. The highest BCUT2D eigenvalue weighted by atomic mass is 16.5.